The van der Waals surface area contributed by atoms with E-state index in [1.807, 2.05) is 30.3 Å². The van der Waals surface area contributed by atoms with Crippen LogP contribution in [0.15, 0.2) is 36.4 Å². The summed E-state index contributed by atoms with van der Waals surface area (Å²) < 4.78 is 10.5. The lowest BCUT2D eigenvalue weighted by Crippen LogP contribution is -2.41. The Morgan fingerprint density at radius 1 is 1.07 bits per heavy atom. The van der Waals surface area contributed by atoms with E-state index in [0.29, 0.717) is 32.8 Å². The molecule has 3 rings (SSSR count). The fourth-order valence-corrected chi connectivity index (χ4v) is 3.24. The third kappa shape index (κ3) is 4.98. The molecule has 6 heteroatoms. The Morgan fingerprint density at radius 3 is 2.52 bits per heavy atom. The van der Waals surface area contributed by atoms with Crippen molar-refractivity contribution in [3.63, 3.8) is 0 Å². The van der Waals surface area contributed by atoms with Crippen molar-refractivity contribution in [2.75, 3.05) is 40.5 Å². The molecule has 6 nitrogen and oxygen atoms in total. The van der Waals surface area contributed by atoms with Crippen LogP contribution in [0.3, 0.4) is 0 Å². The molecule has 0 saturated carbocycles. The molecule has 0 aliphatic carbocycles. The summed E-state index contributed by atoms with van der Waals surface area (Å²) in [5.41, 5.74) is 1.06. The summed E-state index contributed by atoms with van der Waals surface area (Å²) in [6, 6.07) is 12.1. The molecule has 1 aliphatic rings. The molecule has 0 spiro atoms. The van der Waals surface area contributed by atoms with Crippen molar-refractivity contribution in [3.8, 4) is 5.75 Å². The zero-order valence-electron chi connectivity index (χ0n) is 15.9. The topological polar surface area (TPSA) is 59.1 Å². The summed E-state index contributed by atoms with van der Waals surface area (Å²) >= 11 is 0. The predicted octanol–water partition coefficient (Wildman–Crippen LogP) is 2.45. The van der Waals surface area contributed by atoms with Crippen LogP contribution >= 0.6 is 0 Å². The van der Waals surface area contributed by atoms with Gasteiger partial charge in [0.05, 0.1) is 20.3 Å². The summed E-state index contributed by atoms with van der Waals surface area (Å²) in [7, 11) is 3.43. The minimum Gasteiger partial charge on any atom is -0.497 e. The molecular formula is C21H26N2O4. The molecule has 0 aromatic heterocycles. The molecule has 0 atom stereocenters. The molecule has 2 amide bonds. The van der Waals surface area contributed by atoms with Crippen LogP contribution in [0.1, 0.15) is 18.4 Å². The van der Waals surface area contributed by atoms with Crippen molar-refractivity contribution in [2.45, 2.75) is 19.4 Å². The molecule has 0 unspecified atom stereocenters. The van der Waals surface area contributed by atoms with Crippen LogP contribution in [0.4, 0.5) is 0 Å². The van der Waals surface area contributed by atoms with Gasteiger partial charge in [0.15, 0.2) is 0 Å². The Kier molecular flexibility index (Phi) is 6.29. The highest BCUT2D eigenvalue weighted by atomic mass is 16.5. The smallest absolute Gasteiger partial charge is 0.223 e. The maximum atomic E-state index is 12.4. The molecule has 2 aromatic rings. The second-order valence-electron chi connectivity index (χ2n) is 6.79. The molecule has 1 heterocycles. The van der Waals surface area contributed by atoms with Gasteiger partial charge in [0, 0.05) is 39.5 Å². The van der Waals surface area contributed by atoms with Gasteiger partial charge in [0.1, 0.15) is 5.75 Å². The van der Waals surface area contributed by atoms with Crippen molar-refractivity contribution < 1.29 is 19.1 Å². The Labute approximate surface area is 159 Å². The summed E-state index contributed by atoms with van der Waals surface area (Å²) in [4.78, 5) is 28.0. The van der Waals surface area contributed by atoms with E-state index in [4.69, 9.17) is 9.47 Å². The van der Waals surface area contributed by atoms with Crippen molar-refractivity contribution in [1.29, 1.82) is 0 Å². The second kappa shape index (κ2) is 8.86. The molecule has 144 valence electrons. The van der Waals surface area contributed by atoms with Crippen LogP contribution in [0.25, 0.3) is 10.8 Å². The molecule has 27 heavy (non-hydrogen) atoms. The number of carbonyl (C=O) groups excluding carboxylic acids is 2. The number of benzene rings is 2. The first-order chi connectivity index (χ1) is 13.1. The van der Waals surface area contributed by atoms with Crippen molar-refractivity contribution in [2.24, 2.45) is 0 Å². The zero-order valence-corrected chi connectivity index (χ0v) is 15.9. The van der Waals surface area contributed by atoms with E-state index in [2.05, 4.69) is 6.07 Å². The van der Waals surface area contributed by atoms with Crippen molar-refractivity contribution >= 4 is 22.6 Å². The van der Waals surface area contributed by atoms with Gasteiger partial charge in [-0.05, 0) is 34.5 Å². The number of ether oxygens (including phenoxy) is 2. The van der Waals surface area contributed by atoms with E-state index < -0.39 is 0 Å². The molecule has 0 N–H and O–H groups in total. The number of methoxy groups -OCH3 is 1. The fourth-order valence-electron chi connectivity index (χ4n) is 3.24. The van der Waals surface area contributed by atoms with Gasteiger partial charge in [-0.1, -0.05) is 18.2 Å². The number of hydrogen-bond donors (Lipinski definition) is 0. The van der Waals surface area contributed by atoms with Gasteiger partial charge in [-0.2, -0.15) is 0 Å². The van der Waals surface area contributed by atoms with Gasteiger partial charge >= 0.3 is 0 Å². The maximum absolute atomic E-state index is 12.4. The van der Waals surface area contributed by atoms with Crippen LogP contribution < -0.4 is 4.74 Å². The fraction of sp³-hybridized carbons (Fsp3) is 0.429. The number of amides is 2. The highest BCUT2D eigenvalue weighted by Gasteiger charge is 2.19. The number of morpholine rings is 1. The van der Waals surface area contributed by atoms with Gasteiger partial charge in [-0.3, -0.25) is 9.59 Å². The molecule has 0 bridgehead atoms. The molecule has 1 aliphatic heterocycles. The SMILES string of the molecule is COc1ccc2cc(CN(C)C(=O)CCC(=O)N3CCOCC3)ccc2c1. The van der Waals surface area contributed by atoms with Crippen LogP contribution in [-0.4, -0.2) is 62.1 Å². The number of hydrogen-bond acceptors (Lipinski definition) is 4. The maximum Gasteiger partial charge on any atom is 0.223 e. The van der Waals surface area contributed by atoms with Gasteiger partial charge in [-0.25, -0.2) is 0 Å². The molecule has 1 saturated heterocycles. The van der Waals surface area contributed by atoms with Gasteiger partial charge in [-0.15, -0.1) is 0 Å². The monoisotopic (exact) mass is 370 g/mol. The van der Waals surface area contributed by atoms with E-state index in [1.165, 1.54) is 0 Å². The number of nitrogens with zero attached hydrogens (tertiary/aromatic N) is 2. The Bertz CT molecular complexity index is 815. The quantitative estimate of drug-likeness (QED) is 0.784. The first kappa shape index (κ1) is 19.2. The van der Waals surface area contributed by atoms with E-state index in [1.54, 1.807) is 24.0 Å². The largest absolute Gasteiger partial charge is 0.497 e. The van der Waals surface area contributed by atoms with E-state index in [-0.39, 0.29) is 24.7 Å². The van der Waals surface area contributed by atoms with Crippen LogP contribution in [-0.2, 0) is 20.9 Å². The van der Waals surface area contributed by atoms with Gasteiger partial charge in [0.25, 0.3) is 0 Å². The summed E-state index contributed by atoms with van der Waals surface area (Å²) in [6.07, 6.45) is 0.484. The van der Waals surface area contributed by atoms with Gasteiger partial charge in [0.2, 0.25) is 11.8 Å². The lowest BCUT2D eigenvalue weighted by molar-refractivity contribution is -0.139. The Hall–Kier alpha value is -2.60. The molecule has 1 fully saturated rings. The van der Waals surface area contributed by atoms with E-state index in [9.17, 15) is 9.59 Å². The minimum atomic E-state index is -0.0218. The van der Waals surface area contributed by atoms with E-state index >= 15 is 0 Å². The van der Waals surface area contributed by atoms with Crippen LogP contribution in [0, 0.1) is 0 Å². The lowest BCUT2D eigenvalue weighted by Gasteiger charge is -2.27. The van der Waals surface area contributed by atoms with Crippen molar-refractivity contribution in [3.05, 3.63) is 42.0 Å². The predicted molar refractivity (Wildman–Crippen MR) is 104 cm³/mol. The average molecular weight is 370 g/mol. The van der Waals surface area contributed by atoms with Crippen LogP contribution in [0.5, 0.6) is 5.75 Å². The average Bonchev–Trinajstić information content (AvgIpc) is 2.71. The third-order valence-corrected chi connectivity index (χ3v) is 4.87. The minimum absolute atomic E-state index is 0.0218. The first-order valence-electron chi connectivity index (χ1n) is 9.23. The molecular weight excluding hydrogens is 344 g/mol. The van der Waals surface area contributed by atoms with Gasteiger partial charge < -0.3 is 19.3 Å². The number of carbonyl (C=O) groups is 2. The highest BCUT2D eigenvalue weighted by Crippen LogP contribution is 2.22. The van der Waals surface area contributed by atoms with E-state index in [0.717, 1.165) is 22.1 Å². The normalized spacial score (nSPS) is 14.2. The lowest BCUT2D eigenvalue weighted by atomic mass is 10.1. The third-order valence-electron chi connectivity index (χ3n) is 4.87. The molecule has 0 radical (unpaired) electrons. The zero-order chi connectivity index (χ0) is 19.2. The number of rotatable bonds is 6. The Morgan fingerprint density at radius 2 is 1.78 bits per heavy atom. The number of fused-ring (bicyclic) bond motifs is 1. The van der Waals surface area contributed by atoms with Crippen molar-refractivity contribution in [1.82, 2.24) is 9.80 Å². The standard InChI is InChI=1S/C21H26N2O4/c1-22(20(24)7-8-21(25)23-9-11-27-12-10-23)15-16-3-4-18-14-19(26-2)6-5-17(18)13-16/h3-6,13-14H,7-12,15H2,1-2H3. The first-order valence-corrected chi connectivity index (χ1v) is 9.23. The second-order valence-corrected chi connectivity index (χ2v) is 6.79. The van der Waals surface area contributed by atoms with Crippen LogP contribution in [0.2, 0.25) is 0 Å². The summed E-state index contributed by atoms with van der Waals surface area (Å²) in [5, 5.41) is 2.21. The highest BCUT2D eigenvalue weighted by molar-refractivity contribution is 5.85. The Balaban J connectivity index is 1.54. The summed E-state index contributed by atoms with van der Waals surface area (Å²) in [6.45, 7) is 2.91. The molecule has 2 aromatic carbocycles. The summed E-state index contributed by atoms with van der Waals surface area (Å²) in [5.74, 6) is 0.832.